The summed E-state index contributed by atoms with van der Waals surface area (Å²) in [6.45, 7) is 0. The number of carboxylic acid groups (broad SMARTS) is 1. The van der Waals surface area contributed by atoms with Crippen molar-refractivity contribution >= 4 is 17.8 Å². The van der Waals surface area contributed by atoms with Gasteiger partial charge in [0.1, 0.15) is 23.0 Å². The number of hydrogen-bond donors (Lipinski definition) is 2. The van der Waals surface area contributed by atoms with Crippen LogP contribution in [0.4, 0.5) is 0 Å². The second kappa shape index (κ2) is 9.04. The first kappa shape index (κ1) is 21.9. The summed E-state index contributed by atoms with van der Waals surface area (Å²) in [6, 6.07) is 11.4. The van der Waals surface area contributed by atoms with E-state index in [1.165, 1.54) is 38.6 Å². The average molecular weight is 447 g/mol. The molecule has 0 radical (unpaired) electrons. The summed E-state index contributed by atoms with van der Waals surface area (Å²) in [6.07, 6.45) is 4.32. The van der Waals surface area contributed by atoms with Crippen molar-refractivity contribution in [3.8, 4) is 23.0 Å². The monoisotopic (exact) mass is 447 g/mol. The zero-order valence-corrected chi connectivity index (χ0v) is 17.9. The molecule has 0 amide bonds. The van der Waals surface area contributed by atoms with Crippen molar-refractivity contribution in [2.45, 2.75) is 12.3 Å². The number of Topliss-reactive ketones (excluding diaryl/α,β-unsaturated/α-hetero) is 1. The molecule has 8 heteroatoms. The Hall–Kier alpha value is -4.33. The minimum atomic E-state index is -1.07. The van der Waals surface area contributed by atoms with Gasteiger partial charge >= 0.3 is 5.97 Å². The van der Waals surface area contributed by atoms with Crippen LogP contribution in [0.2, 0.25) is 0 Å². The van der Waals surface area contributed by atoms with Crippen molar-refractivity contribution in [2.24, 2.45) is 0 Å². The minimum Gasteiger partial charge on any atom is -0.508 e. The van der Waals surface area contributed by atoms with Gasteiger partial charge in [0.05, 0.1) is 26.2 Å². The van der Waals surface area contributed by atoms with Crippen LogP contribution in [0.1, 0.15) is 39.4 Å². The third-order valence-electron chi connectivity index (χ3n) is 5.39. The lowest BCUT2D eigenvalue weighted by Crippen LogP contribution is -2.10. The van der Waals surface area contributed by atoms with Crippen LogP contribution in [0.25, 0.3) is 6.08 Å². The number of phenolic OH excluding ortho intramolecular Hbond substituents is 1. The molecular weight excluding hydrogens is 426 g/mol. The van der Waals surface area contributed by atoms with Crippen molar-refractivity contribution in [2.75, 3.05) is 14.2 Å². The smallest absolute Gasteiger partial charge is 0.304 e. The SMILES string of the molecule is COc1ccc(/C=C2\Oc3c(ccc(O)c3[C@@H](CC(=O)O)c3cccnc3)C2=O)c(OC)c1. The molecule has 0 bridgehead atoms. The van der Waals surface area contributed by atoms with E-state index in [1.54, 1.807) is 36.5 Å². The number of hydrogen-bond acceptors (Lipinski definition) is 7. The van der Waals surface area contributed by atoms with E-state index in [0.717, 1.165) is 0 Å². The molecule has 0 fully saturated rings. The Morgan fingerprint density at radius 1 is 1.18 bits per heavy atom. The Labute approximate surface area is 189 Å². The van der Waals surface area contributed by atoms with Crippen LogP contribution in [0.3, 0.4) is 0 Å². The standard InChI is InChI=1S/C25H21NO7/c1-31-16-6-5-14(20(11-16)32-2)10-21-24(30)17-7-8-19(27)23(25(17)33-21)18(12-22(28)29)15-4-3-9-26-13-15/h3-11,13,18,27H,12H2,1-2H3,(H,28,29)/b21-10-/t18-/m0/s1. The van der Waals surface area contributed by atoms with Gasteiger partial charge in [-0.1, -0.05) is 6.07 Å². The number of ketones is 1. The molecule has 1 atom stereocenters. The van der Waals surface area contributed by atoms with Crippen molar-refractivity contribution in [1.82, 2.24) is 4.98 Å². The molecule has 4 rings (SSSR count). The number of allylic oxidation sites excluding steroid dienone is 1. The van der Waals surface area contributed by atoms with Gasteiger partial charge in [0, 0.05) is 35.5 Å². The van der Waals surface area contributed by atoms with Crippen LogP contribution in [0.15, 0.2) is 60.6 Å². The Kier molecular flexibility index (Phi) is 5.99. The van der Waals surface area contributed by atoms with Crippen molar-refractivity contribution in [1.29, 1.82) is 0 Å². The highest BCUT2D eigenvalue weighted by Crippen LogP contribution is 2.46. The van der Waals surface area contributed by atoms with Gasteiger partial charge in [-0.2, -0.15) is 0 Å². The number of carbonyl (C=O) groups excluding carboxylic acids is 1. The Bertz CT molecular complexity index is 1250. The quantitative estimate of drug-likeness (QED) is 0.522. The van der Waals surface area contributed by atoms with Gasteiger partial charge in [-0.3, -0.25) is 14.6 Å². The summed E-state index contributed by atoms with van der Waals surface area (Å²) in [4.78, 5) is 28.8. The minimum absolute atomic E-state index is 0.0283. The number of phenols is 1. The van der Waals surface area contributed by atoms with Crippen LogP contribution in [0, 0.1) is 0 Å². The molecule has 8 nitrogen and oxygen atoms in total. The van der Waals surface area contributed by atoms with E-state index in [0.29, 0.717) is 22.6 Å². The average Bonchev–Trinajstić information content (AvgIpc) is 3.13. The second-order valence-electron chi connectivity index (χ2n) is 7.36. The van der Waals surface area contributed by atoms with Crippen LogP contribution >= 0.6 is 0 Å². The number of aromatic hydroxyl groups is 1. The second-order valence-corrected chi connectivity index (χ2v) is 7.36. The van der Waals surface area contributed by atoms with Gasteiger partial charge in [0.25, 0.3) is 0 Å². The fraction of sp³-hybridized carbons (Fsp3) is 0.160. The molecule has 2 N–H and O–H groups in total. The summed E-state index contributed by atoms with van der Waals surface area (Å²) in [5.74, 6) is -1.15. The fourth-order valence-corrected chi connectivity index (χ4v) is 3.82. The number of nitrogens with zero attached hydrogens (tertiary/aromatic N) is 1. The largest absolute Gasteiger partial charge is 0.508 e. The number of carboxylic acids is 1. The first-order valence-corrected chi connectivity index (χ1v) is 10.1. The number of carbonyl (C=O) groups is 2. The molecule has 0 saturated carbocycles. The summed E-state index contributed by atoms with van der Waals surface area (Å²) in [5.41, 5.74) is 1.63. The Morgan fingerprint density at radius 3 is 2.67 bits per heavy atom. The Balaban J connectivity index is 1.80. The van der Waals surface area contributed by atoms with Gasteiger partial charge in [0.2, 0.25) is 5.78 Å². The molecule has 2 heterocycles. The number of benzene rings is 2. The number of fused-ring (bicyclic) bond motifs is 1. The van der Waals surface area contributed by atoms with Crippen LogP contribution in [-0.4, -0.2) is 41.2 Å². The number of pyridine rings is 1. The maximum absolute atomic E-state index is 13.1. The number of rotatable bonds is 7. The zero-order chi connectivity index (χ0) is 23.5. The molecular formula is C25H21NO7. The molecule has 0 spiro atoms. The number of aromatic nitrogens is 1. The van der Waals surface area contributed by atoms with E-state index in [4.69, 9.17) is 14.2 Å². The van der Waals surface area contributed by atoms with Gasteiger partial charge in [0.15, 0.2) is 5.76 Å². The van der Waals surface area contributed by atoms with Gasteiger partial charge in [-0.05, 0) is 42.0 Å². The number of ether oxygens (including phenoxy) is 3. The van der Waals surface area contributed by atoms with E-state index in [1.807, 2.05) is 0 Å². The van der Waals surface area contributed by atoms with Crippen molar-refractivity contribution < 1.29 is 34.0 Å². The van der Waals surface area contributed by atoms with Crippen LogP contribution in [-0.2, 0) is 4.79 Å². The fourth-order valence-electron chi connectivity index (χ4n) is 3.82. The van der Waals surface area contributed by atoms with Gasteiger partial charge < -0.3 is 24.4 Å². The lowest BCUT2D eigenvalue weighted by molar-refractivity contribution is -0.137. The van der Waals surface area contributed by atoms with E-state index in [-0.39, 0.29) is 40.6 Å². The molecule has 2 aromatic carbocycles. The first-order valence-electron chi connectivity index (χ1n) is 10.1. The van der Waals surface area contributed by atoms with Crippen molar-refractivity contribution in [3.05, 3.63) is 82.9 Å². The van der Waals surface area contributed by atoms with Gasteiger partial charge in [-0.15, -0.1) is 0 Å². The van der Waals surface area contributed by atoms with E-state index < -0.39 is 11.9 Å². The number of aliphatic carboxylic acids is 1. The predicted octanol–water partition coefficient (Wildman–Crippen LogP) is 4.03. The maximum atomic E-state index is 13.1. The molecule has 33 heavy (non-hydrogen) atoms. The molecule has 168 valence electrons. The third kappa shape index (κ3) is 4.23. The first-order chi connectivity index (χ1) is 15.9. The van der Waals surface area contributed by atoms with E-state index in [2.05, 4.69) is 4.98 Å². The van der Waals surface area contributed by atoms with Gasteiger partial charge in [-0.25, -0.2) is 0 Å². The van der Waals surface area contributed by atoms with Crippen LogP contribution < -0.4 is 14.2 Å². The highest BCUT2D eigenvalue weighted by Gasteiger charge is 2.35. The zero-order valence-electron chi connectivity index (χ0n) is 17.9. The lowest BCUT2D eigenvalue weighted by atomic mass is 9.87. The molecule has 0 saturated heterocycles. The summed E-state index contributed by atoms with van der Waals surface area (Å²) in [5, 5.41) is 20.2. The summed E-state index contributed by atoms with van der Waals surface area (Å²) < 4.78 is 16.5. The highest BCUT2D eigenvalue weighted by atomic mass is 16.5. The highest BCUT2D eigenvalue weighted by molar-refractivity contribution is 6.15. The molecule has 3 aromatic rings. The topological polar surface area (TPSA) is 115 Å². The third-order valence-corrected chi connectivity index (χ3v) is 5.39. The van der Waals surface area contributed by atoms with Crippen LogP contribution in [0.5, 0.6) is 23.0 Å². The van der Waals surface area contributed by atoms with E-state index in [9.17, 15) is 19.8 Å². The molecule has 1 aromatic heterocycles. The maximum Gasteiger partial charge on any atom is 0.304 e. The predicted molar refractivity (Wildman–Crippen MR) is 119 cm³/mol. The molecule has 1 aliphatic rings. The Morgan fingerprint density at radius 2 is 2.00 bits per heavy atom. The molecule has 0 unspecified atom stereocenters. The number of methoxy groups -OCH3 is 2. The lowest BCUT2D eigenvalue weighted by Gasteiger charge is -2.19. The normalized spacial score (nSPS) is 14.5. The summed E-state index contributed by atoms with van der Waals surface area (Å²) in [7, 11) is 3.04. The van der Waals surface area contributed by atoms with E-state index >= 15 is 0 Å². The summed E-state index contributed by atoms with van der Waals surface area (Å²) >= 11 is 0. The van der Waals surface area contributed by atoms with Crippen molar-refractivity contribution in [3.63, 3.8) is 0 Å². The molecule has 1 aliphatic heterocycles. The molecule has 0 aliphatic carbocycles.